The van der Waals surface area contributed by atoms with Gasteiger partial charge in [-0.05, 0) is 44.4 Å². The third kappa shape index (κ3) is 2.76. The minimum Gasteiger partial charge on any atom is -0.393 e. The maximum atomic E-state index is 12.0. The topological polar surface area (TPSA) is 40.5 Å². The van der Waals surface area contributed by atoms with Gasteiger partial charge in [0.1, 0.15) is 0 Å². The first-order chi connectivity index (χ1) is 7.66. The number of nitrogens with zero attached hydrogens (tertiary/aromatic N) is 1. The average Bonchev–Trinajstić information content (AvgIpc) is 2.23. The van der Waals surface area contributed by atoms with Crippen molar-refractivity contribution in [2.75, 3.05) is 7.05 Å². The summed E-state index contributed by atoms with van der Waals surface area (Å²) >= 11 is 0. The van der Waals surface area contributed by atoms with Crippen LogP contribution in [0, 0.1) is 5.92 Å². The first-order valence-electron chi connectivity index (χ1n) is 6.60. The average molecular weight is 225 g/mol. The van der Waals surface area contributed by atoms with Crippen LogP contribution in [0.1, 0.15) is 51.4 Å². The SMILES string of the molecule is CN(C(=O)CC1CCC1)C1CCC(O)CC1. The van der Waals surface area contributed by atoms with Crippen LogP contribution in [0.4, 0.5) is 0 Å². The van der Waals surface area contributed by atoms with Crippen molar-refractivity contribution < 1.29 is 9.90 Å². The minimum absolute atomic E-state index is 0.133. The Morgan fingerprint density at radius 1 is 1.19 bits per heavy atom. The summed E-state index contributed by atoms with van der Waals surface area (Å²) in [6, 6.07) is 0.371. The Labute approximate surface area is 97.8 Å². The Morgan fingerprint density at radius 3 is 2.31 bits per heavy atom. The number of carbonyl (C=O) groups is 1. The fourth-order valence-corrected chi connectivity index (χ4v) is 2.74. The molecule has 0 radical (unpaired) electrons. The van der Waals surface area contributed by atoms with Gasteiger partial charge in [0.15, 0.2) is 0 Å². The minimum atomic E-state index is -0.133. The van der Waals surface area contributed by atoms with Crippen LogP contribution in [0.5, 0.6) is 0 Å². The highest BCUT2D eigenvalue weighted by Crippen LogP contribution is 2.31. The molecule has 0 aromatic carbocycles. The van der Waals surface area contributed by atoms with Crippen molar-refractivity contribution in [1.82, 2.24) is 4.90 Å². The molecule has 0 aromatic rings. The maximum absolute atomic E-state index is 12.0. The molecule has 0 saturated heterocycles. The van der Waals surface area contributed by atoms with Gasteiger partial charge in [0, 0.05) is 19.5 Å². The highest BCUT2D eigenvalue weighted by Gasteiger charge is 2.28. The maximum Gasteiger partial charge on any atom is 0.222 e. The van der Waals surface area contributed by atoms with Crippen molar-refractivity contribution in [2.45, 2.75) is 63.5 Å². The fraction of sp³-hybridized carbons (Fsp3) is 0.923. The zero-order chi connectivity index (χ0) is 11.5. The Morgan fingerprint density at radius 2 is 1.81 bits per heavy atom. The van der Waals surface area contributed by atoms with E-state index in [1.54, 1.807) is 0 Å². The number of aliphatic hydroxyl groups is 1. The van der Waals surface area contributed by atoms with Crippen LogP contribution in [-0.2, 0) is 4.79 Å². The number of carbonyl (C=O) groups excluding carboxylic acids is 1. The smallest absolute Gasteiger partial charge is 0.222 e. The molecule has 16 heavy (non-hydrogen) atoms. The van der Waals surface area contributed by atoms with Gasteiger partial charge in [-0.2, -0.15) is 0 Å². The zero-order valence-electron chi connectivity index (χ0n) is 10.2. The standard InChI is InChI=1S/C13H23NO2/c1-14(11-5-7-12(15)8-6-11)13(16)9-10-3-2-4-10/h10-12,15H,2-9H2,1H3. The van der Waals surface area contributed by atoms with Crippen LogP contribution in [0.2, 0.25) is 0 Å². The van der Waals surface area contributed by atoms with E-state index in [2.05, 4.69) is 0 Å². The normalized spacial score (nSPS) is 30.9. The molecule has 2 fully saturated rings. The van der Waals surface area contributed by atoms with E-state index in [9.17, 15) is 9.90 Å². The van der Waals surface area contributed by atoms with Crippen molar-refractivity contribution >= 4 is 5.91 Å². The van der Waals surface area contributed by atoms with Crippen LogP contribution in [0.15, 0.2) is 0 Å². The highest BCUT2D eigenvalue weighted by molar-refractivity contribution is 5.76. The van der Waals surface area contributed by atoms with E-state index in [-0.39, 0.29) is 6.10 Å². The molecular weight excluding hydrogens is 202 g/mol. The van der Waals surface area contributed by atoms with Crippen molar-refractivity contribution in [3.63, 3.8) is 0 Å². The molecule has 92 valence electrons. The molecule has 0 aromatic heterocycles. The lowest BCUT2D eigenvalue weighted by molar-refractivity contribution is -0.134. The van der Waals surface area contributed by atoms with E-state index in [0.29, 0.717) is 17.9 Å². The summed E-state index contributed by atoms with van der Waals surface area (Å²) in [7, 11) is 1.93. The summed E-state index contributed by atoms with van der Waals surface area (Å²) < 4.78 is 0. The molecule has 1 amide bonds. The van der Waals surface area contributed by atoms with Gasteiger partial charge in [-0.25, -0.2) is 0 Å². The van der Waals surface area contributed by atoms with Gasteiger partial charge in [0.25, 0.3) is 0 Å². The monoisotopic (exact) mass is 225 g/mol. The summed E-state index contributed by atoms with van der Waals surface area (Å²) in [5, 5.41) is 9.44. The quantitative estimate of drug-likeness (QED) is 0.797. The third-order valence-corrected chi connectivity index (χ3v) is 4.30. The van der Waals surface area contributed by atoms with Crippen LogP contribution < -0.4 is 0 Å². The second-order valence-corrected chi connectivity index (χ2v) is 5.47. The Bertz CT molecular complexity index is 242. The second kappa shape index (κ2) is 5.17. The van der Waals surface area contributed by atoms with Gasteiger partial charge in [0.2, 0.25) is 5.91 Å². The molecular formula is C13H23NO2. The molecule has 0 spiro atoms. The lowest BCUT2D eigenvalue weighted by Crippen LogP contribution is -2.41. The molecule has 0 aliphatic heterocycles. The Hall–Kier alpha value is -0.570. The van der Waals surface area contributed by atoms with Gasteiger partial charge in [-0.15, -0.1) is 0 Å². The molecule has 2 saturated carbocycles. The predicted octanol–water partition coefficient (Wildman–Crippen LogP) is 1.94. The number of rotatable bonds is 3. The molecule has 0 heterocycles. The number of aliphatic hydroxyl groups excluding tert-OH is 1. The zero-order valence-corrected chi connectivity index (χ0v) is 10.2. The molecule has 0 unspecified atom stereocenters. The lowest BCUT2D eigenvalue weighted by atomic mass is 9.82. The lowest BCUT2D eigenvalue weighted by Gasteiger charge is -2.35. The first kappa shape index (κ1) is 11.9. The largest absolute Gasteiger partial charge is 0.393 e. The van der Waals surface area contributed by atoms with Crippen LogP contribution in [-0.4, -0.2) is 35.1 Å². The summed E-state index contributed by atoms with van der Waals surface area (Å²) in [6.45, 7) is 0. The van der Waals surface area contributed by atoms with E-state index >= 15 is 0 Å². The van der Waals surface area contributed by atoms with Crippen molar-refractivity contribution in [3.8, 4) is 0 Å². The molecule has 2 rings (SSSR count). The molecule has 0 atom stereocenters. The van der Waals surface area contributed by atoms with E-state index in [1.807, 2.05) is 11.9 Å². The molecule has 3 heteroatoms. The number of hydrogen-bond donors (Lipinski definition) is 1. The summed E-state index contributed by atoms with van der Waals surface area (Å²) in [6.07, 6.45) is 8.03. The van der Waals surface area contributed by atoms with E-state index in [1.165, 1.54) is 19.3 Å². The Kier molecular flexibility index (Phi) is 3.85. The predicted molar refractivity (Wildman–Crippen MR) is 63.0 cm³/mol. The van der Waals surface area contributed by atoms with Crippen molar-refractivity contribution in [1.29, 1.82) is 0 Å². The second-order valence-electron chi connectivity index (χ2n) is 5.47. The number of hydrogen-bond acceptors (Lipinski definition) is 2. The van der Waals surface area contributed by atoms with E-state index in [4.69, 9.17) is 0 Å². The van der Waals surface area contributed by atoms with Gasteiger partial charge < -0.3 is 10.0 Å². The van der Waals surface area contributed by atoms with Gasteiger partial charge in [-0.3, -0.25) is 4.79 Å². The van der Waals surface area contributed by atoms with Crippen molar-refractivity contribution in [3.05, 3.63) is 0 Å². The highest BCUT2D eigenvalue weighted by atomic mass is 16.3. The fourth-order valence-electron chi connectivity index (χ4n) is 2.74. The molecule has 1 N–H and O–H groups in total. The van der Waals surface area contributed by atoms with Crippen LogP contribution in [0.3, 0.4) is 0 Å². The first-order valence-corrected chi connectivity index (χ1v) is 6.60. The summed E-state index contributed by atoms with van der Waals surface area (Å²) in [5.74, 6) is 0.968. The summed E-state index contributed by atoms with van der Waals surface area (Å²) in [5.41, 5.74) is 0. The van der Waals surface area contributed by atoms with Crippen molar-refractivity contribution in [2.24, 2.45) is 5.92 Å². The van der Waals surface area contributed by atoms with Crippen LogP contribution >= 0.6 is 0 Å². The van der Waals surface area contributed by atoms with Gasteiger partial charge in [-0.1, -0.05) is 6.42 Å². The molecule has 3 nitrogen and oxygen atoms in total. The van der Waals surface area contributed by atoms with E-state index < -0.39 is 0 Å². The third-order valence-electron chi connectivity index (χ3n) is 4.30. The molecule has 2 aliphatic rings. The van der Waals surface area contributed by atoms with Gasteiger partial charge >= 0.3 is 0 Å². The number of amides is 1. The molecule has 2 aliphatic carbocycles. The summed E-state index contributed by atoms with van der Waals surface area (Å²) in [4.78, 5) is 13.9. The van der Waals surface area contributed by atoms with Gasteiger partial charge in [0.05, 0.1) is 6.10 Å². The molecule has 0 bridgehead atoms. The Balaban J connectivity index is 1.76. The van der Waals surface area contributed by atoms with E-state index in [0.717, 1.165) is 32.1 Å². The van der Waals surface area contributed by atoms with Crippen LogP contribution in [0.25, 0.3) is 0 Å².